The first-order chi connectivity index (χ1) is 7.56. The Morgan fingerprint density at radius 3 is 3.00 bits per heavy atom. The fourth-order valence-corrected chi connectivity index (χ4v) is 1.74. The molecule has 0 saturated heterocycles. The van der Waals surface area contributed by atoms with Crippen LogP contribution in [-0.4, -0.2) is 28.0 Å². The van der Waals surface area contributed by atoms with E-state index in [-0.39, 0.29) is 12.2 Å². The Morgan fingerprint density at radius 1 is 1.69 bits per heavy atom. The first kappa shape index (κ1) is 13.2. The summed E-state index contributed by atoms with van der Waals surface area (Å²) in [6.07, 6.45) is 2.35. The van der Waals surface area contributed by atoms with Crippen molar-refractivity contribution in [3.63, 3.8) is 0 Å². The molecule has 0 saturated carbocycles. The summed E-state index contributed by atoms with van der Waals surface area (Å²) in [6, 6.07) is 0. The minimum Gasteiger partial charge on any atom is -0.396 e. The maximum atomic E-state index is 11.5. The van der Waals surface area contributed by atoms with Crippen LogP contribution in [0.15, 0.2) is 15.5 Å². The van der Waals surface area contributed by atoms with E-state index < -0.39 is 0 Å². The van der Waals surface area contributed by atoms with Gasteiger partial charge >= 0.3 is 0 Å². The van der Waals surface area contributed by atoms with Crippen molar-refractivity contribution in [1.82, 2.24) is 9.78 Å². The van der Waals surface area contributed by atoms with Crippen LogP contribution in [0.2, 0.25) is 0 Å². The minimum absolute atomic E-state index is 0.167. The molecule has 0 aliphatic carbocycles. The third kappa shape index (κ3) is 3.31. The predicted molar refractivity (Wildman–Crippen MR) is 66.5 cm³/mol. The molecule has 16 heavy (non-hydrogen) atoms. The highest BCUT2D eigenvalue weighted by atomic mass is 79.9. The maximum absolute atomic E-state index is 11.5. The number of aliphatic hydroxyl groups is 1. The van der Waals surface area contributed by atoms with Crippen LogP contribution in [0.25, 0.3) is 0 Å². The van der Waals surface area contributed by atoms with Gasteiger partial charge in [-0.1, -0.05) is 6.92 Å². The van der Waals surface area contributed by atoms with Crippen LogP contribution in [-0.2, 0) is 7.05 Å². The first-order valence-electron chi connectivity index (χ1n) is 5.12. The molecule has 0 aliphatic heterocycles. The van der Waals surface area contributed by atoms with Gasteiger partial charge in [0.25, 0.3) is 5.56 Å². The molecule has 0 fully saturated rings. The van der Waals surface area contributed by atoms with Gasteiger partial charge in [-0.25, -0.2) is 4.68 Å². The lowest BCUT2D eigenvalue weighted by Crippen LogP contribution is -2.22. The minimum atomic E-state index is -0.167. The fourth-order valence-electron chi connectivity index (χ4n) is 1.24. The summed E-state index contributed by atoms with van der Waals surface area (Å²) in [4.78, 5) is 11.5. The zero-order valence-electron chi connectivity index (χ0n) is 9.40. The molecule has 1 rings (SSSR count). The molecule has 0 radical (unpaired) electrons. The van der Waals surface area contributed by atoms with Crippen LogP contribution < -0.4 is 10.9 Å². The van der Waals surface area contributed by atoms with E-state index in [0.29, 0.717) is 22.6 Å². The van der Waals surface area contributed by atoms with Gasteiger partial charge in [0.15, 0.2) is 0 Å². The lowest BCUT2D eigenvalue weighted by molar-refractivity contribution is 0.266. The third-order valence-corrected chi connectivity index (χ3v) is 3.11. The Hall–Kier alpha value is -0.880. The SMILES string of the molecule is CC(CCO)CNc1cnn(C)c(=O)c1Br. The molecule has 1 heterocycles. The van der Waals surface area contributed by atoms with Crippen LogP contribution in [0.4, 0.5) is 5.69 Å². The van der Waals surface area contributed by atoms with Crippen molar-refractivity contribution < 1.29 is 5.11 Å². The average molecular weight is 290 g/mol. The number of nitrogens with one attached hydrogen (secondary N) is 1. The number of hydrogen-bond donors (Lipinski definition) is 2. The van der Waals surface area contributed by atoms with E-state index in [1.165, 1.54) is 4.68 Å². The summed E-state index contributed by atoms with van der Waals surface area (Å²) in [5.41, 5.74) is 0.521. The number of aryl methyl sites for hydroxylation is 1. The predicted octanol–water partition coefficient (Wildman–Crippen LogP) is 0.973. The Morgan fingerprint density at radius 2 is 2.38 bits per heavy atom. The van der Waals surface area contributed by atoms with E-state index in [1.807, 2.05) is 6.92 Å². The molecule has 1 unspecified atom stereocenters. The smallest absolute Gasteiger partial charge is 0.282 e. The molecule has 1 aromatic heterocycles. The Bertz CT molecular complexity index is 406. The second kappa shape index (κ2) is 6.00. The molecule has 6 heteroatoms. The topological polar surface area (TPSA) is 67.2 Å². The highest BCUT2D eigenvalue weighted by molar-refractivity contribution is 9.10. The molecular weight excluding hydrogens is 274 g/mol. The fraction of sp³-hybridized carbons (Fsp3) is 0.600. The van der Waals surface area contributed by atoms with Gasteiger partial charge in [0.05, 0.1) is 11.9 Å². The summed E-state index contributed by atoms with van der Waals surface area (Å²) in [7, 11) is 1.60. The highest BCUT2D eigenvalue weighted by Crippen LogP contribution is 2.16. The lowest BCUT2D eigenvalue weighted by Gasteiger charge is -2.13. The highest BCUT2D eigenvalue weighted by Gasteiger charge is 2.07. The number of halogens is 1. The van der Waals surface area contributed by atoms with Gasteiger partial charge < -0.3 is 10.4 Å². The van der Waals surface area contributed by atoms with E-state index in [4.69, 9.17) is 5.11 Å². The normalized spacial score (nSPS) is 12.5. The van der Waals surface area contributed by atoms with Crippen molar-refractivity contribution in [2.45, 2.75) is 13.3 Å². The van der Waals surface area contributed by atoms with Gasteiger partial charge in [-0.2, -0.15) is 5.10 Å². The average Bonchev–Trinajstić information content (AvgIpc) is 2.25. The van der Waals surface area contributed by atoms with Crippen molar-refractivity contribution in [1.29, 1.82) is 0 Å². The van der Waals surface area contributed by atoms with E-state index in [1.54, 1.807) is 13.2 Å². The lowest BCUT2D eigenvalue weighted by atomic mass is 10.1. The Kier molecular flexibility index (Phi) is 4.95. The second-order valence-corrected chi connectivity index (χ2v) is 4.59. The van der Waals surface area contributed by atoms with E-state index >= 15 is 0 Å². The first-order valence-corrected chi connectivity index (χ1v) is 5.92. The van der Waals surface area contributed by atoms with Gasteiger partial charge in [0.2, 0.25) is 0 Å². The van der Waals surface area contributed by atoms with Crippen molar-refractivity contribution in [2.75, 3.05) is 18.5 Å². The Balaban J connectivity index is 2.68. The molecule has 90 valence electrons. The molecule has 0 spiro atoms. The van der Waals surface area contributed by atoms with Crippen molar-refractivity contribution in [3.8, 4) is 0 Å². The maximum Gasteiger partial charge on any atom is 0.282 e. The summed E-state index contributed by atoms with van der Waals surface area (Å²) in [5, 5.41) is 15.8. The number of anilines is 1. The molecule has 1 atom stereocenters. The van der Waals surface area contributed by atoms with Gasteiger partial charge in [-0.3, -0.25) is 4.79 Å². The summed E-state index contributed by atoms with van der Waals surface area (Å²) >= 11 is 3.23. The third-order valence-electron chi connectivity index (χ3n) is 2.34. The van der Waals surface area contributed by atoms with Crippen LogP contribution in [0.3, 0.4) is 0 Å². The quantitative estimate of drug-likeness (QED) is 0.848. The van der Waals surface area contributed by atoms with Gasteiger partial charge in [-0.05, 0) is 28.3 Å². The van der Waals surface area contributed by atoms with E-state index in [0.717, 1.165) is 6.42 Å². The zero-order chi connectivity index (χ0) is 12.1. The number of hydrogen-bond acceptors (Lipinski definition) is 4. The molecule has 0 bridgehead atoms. The number of nitrogens with zero attached hydrogens (tertiary/aromatic N) is 2. The van der Waals surface area contributed by atoms with Gasteiger partial charge in [0, 0.05) is 20.2 Å². The molecule has 0 aromatic carbocycles. The van der Waals surface area contributed by atoms with Crippen LogP contribution >= 0.6 is 15.9 Å². The van der Waals surface area contributed by atoms with Gasteiger partial charge in [0.1, 0.15) is 4.47 Å². The van der Waals surface area contributed by atoms with E-state index in [2.05, 4.69) is 26.3 Å². The summed E-state index contributed by atoms with van der Waals surface area (Å²) in [6.45, 7) is 2.92. The second-order valence-electron chi connectivity index (χ2n) is 3.80. The van der Waals surface area contributed by atoms with E-state index in [9.17, 15) is 4.79 Å². The number of aliphatic hydroxyl groups excluding tert-OH is 1. The van der Waals surface area contributed by atoms with Gasteiger partial charge in [-0.15, -0.1) is 0 Å². The van der Waals surface area contributed by atoms with Crippen LogP contribution in [0, 0.1) is 5.92 Å². The van der Waals surface area contributed by atoms with Crippen molar-refractivity contribution in [2.24, 2.45) is 13.0 Å². The van der Waals surface area contributed by atoms with Crippen LogP contribution in [0.5, 0.6) is 0 Å². The monoisotopic (exact) mass is 289 g/mol. The number of rotatable bonds is 5. The zero-order valence-corrected chi connectivity index (χ0v) is 11.0. The van der Waals surface area contributed by atoms with Crippen LogP contribution in [0.1, 0.15) is 13.3 Å². The number of aromatic nitrogens is 2. The molecular formula is C10H16BrN3O2. The molecule has 5 nitrogen and oxygen atoms in total. The summed E-state index contributed by atoms with van der Waals surface area (Å²) < 4.78 is 1.76. The molecule has 2 N–H and O–H groups in total. The Labute approximate surface area is 103 Å². The molecule has 1 aromatic rings. The molecule has 0 amide bonds. The summed E-state index contributed by atoms with van der Waals surface area (Å²) in [5.74, 6) is 0.348. The molecule has 0 aliphatic rings. The van der Waals surface area contributed by atoms with Crippen molar-refractivity contribution in [3.05, 3.63) is 21.0 Å². The standard InChI is InChI=1S/C10H16BrN3O2/c1-7(3-4-15)5-12-8-6-13-14(2)10(16)9(8)11/h6-7,12,15H,3-5H2,1-2H3. The largest absolute Gasteiger partial charge is 0.396 e. The van der Waals surface area contributed by atoms with Crippen molar-refractivity contribution >= 4 is 21.6 Å².